The van der Waals surface area contributed by atoms with Gasteiger partial charge in [-0.05, 0) is 39.8 Å². The van der Waals surface area contributed by atoms with Crippen molar-refractivity contribution in [3.05, 3.63) is 35.9 Å². The number of cyclic esters (lactones) is 1. The van der Waals surface area contributed by atoms with Crippen molar-refractivity contribution in [2.24, 2.45) is 10.4 Å². The molecule has 0 spiro atoms. The summed E-state index contributed by atoms with van der Waals surface area (Å²) in [6.45, 7) is 7.63. The average Bonchev–Trinajstić information content (AvgIpc) is 2.27. The first kappa shape index (κ1) is 11.8. The van der Waals surface area contributed by atoms with E-state index in [2.05, 4.69) is 4.99 Å². The zero-order valence-corrected chi connectivity index (χ0v) is 10.7. The van der Waals surface area contributed by atoms with Crippen molar-refractivity contribution in [2.45, 2.75) is 33.2 Å². The maximum absolute atomic E-state index is 12.0. The SMILES string of the molecule is CC1(C)N=C(c2ccccc2)OC(=O)C1(C)C. The Morgan fingerprint density at radius 2 is 1.65 bits per heavy atom. The van der Waals surface area contributed by atoms with Crippen molar-refractivity contribution in [3.8, 4) is 0 Å². The van der Waals surface area contributed by atoms with E-state index in [1.165, 1.54) is 0 Å². The van der Waals surface area contributed by atoms with Gasteiger partial charge in [-0.3, -0.25) is 4.79 Å². The third-order valence-electron chi connectivity index (χ3n) is 3.63. The van der Waals surface area contributed by atoms with E-state index < -0.39 is 11.0 Å². The van der Waals surface area contributed by atoms with Gasteiger partial charge in [0.15, 0.2) is 0 Å². The Balaban J connectivity index is 2.47. The van der Waals surface area contributed by atoms with Crippen LogP contribution >= 0.6 is 0 Å². The second-order valence-corrected chi connectivity index (χ2v) is 5.36. The molecule has 0 saturated carbocycles. The maximum Gasteiger partial charge on any atom is 0.320 e. The number of hydrogen-bond acceptors (Lipinski definition) is 3. The van der Waals surface area contributed by atoms with E-state index in [-0.39, 0.29) is 5.97 Å². The Kier molecular flexibility index (Phi) is 2.57. The monoisotopic (exact) mass is 231 g/mol. The highest BCUT2D eigenvalue weighted by molar-refractivity contribution is 6.03. The molecule has 0 N–H and O–H groups in total. The largest absolute Gasteiger partial charge is 0.407 e. The lowest BCUT2D eigenvalue weighted by Gasteiger charge is -2.39. The third-order valence-corrected chi connectivity index (χ3v) is 3.63. The first-order valence-corrected chi connectivity index (χ1v) is 5.72. The number of ether oxygens (including phenoxy) is 1. The topological polar surface area (TPSA) is 38.7 Å². The number of nitrogens with zero attached hydrogens (tertiary/aromatic N) is 1. The Morgan fingerprint density at radius 1 is 1.06 bits per heavy atom. The Hall–Kier alpha value is -1.64. The summed E-state index contributed by atoms with van der Waals surface area (Å²) in [4.78, 5) is 16.6. The molecule has 0 fully saturated rings. The van der Waals surface area contributed by atoms with E-state index in [0.29, 0.717) is 5.90 Å². The average molecular weight is 231 g/mol. The van der Waals surface area contributed by atoms with Gasteiger partial charge in [-0.2, -0.15) is 0 Å². The van der Waals surface area contributed by atoms with E-state index in [1.54, 1.807) is 0 Å². The standard InChI is InChI=1S/C14H17NO2/c1-13(2)12(16)17-11(15-14(13,3)4)10-8-6-5-7-9-10/h5-9H,1-4H3. The van der Waals surface area contributed by atoms with Crippen LogP contribution in [0.4, 0.5) is 0 Å². The lowest BCUT2D eigenvalue weighted by molar-refractivity contribution is -0.150. The predicted octanol–water partition coefficient (Wildman–Crippen LogP) is 2.79. The Bertz CT molecular complexity index is 472. The highest BCUT2D eigenvalue weighted by atomic mass is 16.5. The maximum atomic E-state index is 12.0. The summed E-state index contributed by atoms with van der Waals surface area (Å²) in [6, 6.07) is 9.50. The van der Waals surface area contributed by atoms with Crippen LogP contribution in [0.25, 0.3) is 0 Å². The van der Waals surface area contributed by atoms with E-state index in [1.807, 2.05) is 58.0 Å². The van der Waals surface area contributed by atoms with Gasteiger partial charge in [-0.15, -0.1) is 0 Å². The molecule has 3 heteroatoms. The fourth-order valence-electron chi connectivity index (χ4n) is 1.59. The summed E-state index contributed by atoms with van der Waals surface area (Å²) < 4.78 is 5.33. The molecule has 1 aliphatic heterocycles. The minimum Gasteiger partial charge on any atom is -0.407 e. The quantitative estimate of drug-likeness (QED) is 0.697. The van der Waals surface area contributed by atoms with Gasteiger partial charge in [-0.1, -0.05) is 18.2 Å². The highest BCUT2D eigenvalue weighted by Gasteiger charge is 2.48. The minimum atomic E-state index is -0.606. The molecule has 1 aromatic rings. The van der Waals surface area contributed by atoms with Crippen LogP contribution in [0.2, 0.25) is 0 Å². The first-order chi connectivity index (χ1) is 7.84. The van der Waals surface area contributed by atoms with E-state index in [4.69, 9.17) is 4.74 Å². The number of carbonyl (C=O) groups is 1. The molecule has 0 saturated heterocycles. The van der Waals surface area contributed by atoms with Crippen molar-refractivity contribution in [3.63, 3.8) is 0 Å². The summed E-state index contributed by atoms with van der Waals surface area (Å²) in [5, 5.41) is 0. The molecule has 0 unspecified atom stereocenters. The van der Waals surface area contributed by atoms with Gasteiger partial charge < -0.3 is 4.74 Å². The molecule has 2 rings (SSSR count). The number of benzene rings is 1. The van der Waals surface area contributed by atoms with Gasteiger partial charge in [-0.25, -0.2) is 4.99 Å². The molecule has 0 radical (unpaired) electrons. The summed E-state index contributed by atoms with van der Waals surface area (Å²) in [7, 11) is 0. The summed E-state index contributed by atoms with van der Waals surface area (Å²) in [5.41, 5.74) is -0.233. The molecule has 1 aliphatic rings. The number of esters is 1. The molecule has 0 aromatic heterocycles. The van der Waals surface area contributed by atoms with Crippen molar-refractivity contribution in [1.29, 1.82) is 0 Å². The lowest BCUT2D eigenvalue weighted by Crippen LogP contribution is -2.49. The molecule has 0 amide bonds. The molecule has 0 bridgehead atoms. The van der Waals surface area contributed by atoms with Gasteiger partial charge in [0.05, 0.1) is 11.0 Å². The van der Waals surface area contributed by atoms with Crippen LogP contribution in [-0.2, 0) is 9.53 Å². The van der Waals surface area contributed by atoms with Gasteiger partial charge in [0, 0.05) is 5.56 Å². The molecule has 3 nitrogen and oxygen atoms in total. The Labute approximate surface area is 102 Å². The Morgan fingerprint density at radius 3 is 2.18 bits per heavy atom. The van der Waals surface area contributed by atoms with Crippen LogP contribution in [-0.4, -0.2) is 17.4 Å². The van der Waals surface area contributed by atoms with Crippen molar-refractivity contribution >= 4 is 11.9 Å². The van der Waals surface area contributed by atoms with Crippen LogP contribution in [0.5, 0.6) is 0 Å². The normalized spacial score (nSPS) is 21.6. The summed E-state index contributed by atoms with van der Waals surface area (Å²) in [6.07, 6.45) is 0. The van der Waals surface area contributed by atoms with Crippen LogP contribution in [0, 0.1) is 5.41 Å². The molecule has 17 heavy (non-hydrogen) atoms. The van der Waals surface area contributed by atoms with Crippen LogP contribution in [0.3, 0.4) is 0 Å². The van der Waals surface area contributed by atoms with Gasteiger partial charge in [0.1, 0.15) is 0 Å². The van der Waals surface area contributed by atoms with Crippen LogP contribution in [0.1, 0.15) is 33.3 Å². The number of aliphatic imine (C=N–C) groups is 1. The second-order valence-electron chi connectivity index (χ2n) is 5.36. The zero-order valence-electron chi connectivity index (χ0n) is 10.7. The zero-order chi connectivity index (χ0) is 12.7. The minimum absolute atomic E-state index is 0.226. The first-order valence-electron chi connectivity index (χ1n) is 5.72. The number of hydrogen-bond donors (Lipinski definition) is 0. The molecule has 0 aliphatic carbocycles. The summed E-state index contributed by atoms with van der Waals surface area (Å²) in [5.74, 6) is 0.191. The smallest absolute Gasteiger partial charge is 0.320 e. The van der Waals surface area contributed by atoms with Crippen molar-refractivity contribution < 1.29 is 9.53 Å². The molecule has 90 valence electrons. The van der Waals surface area contributed by atoms with E-state index in [9.17, 15) is 4.79 Å². The molecular formula is C14H17NO2. The fourth-order valence-corrected chi connectivity index (χ4v) is 1.59. The van der Waals surface area contributed by atoms with Gasteiger partial charge in [0.25, 0.3) is 0 Å². The molecule has 1 aromatic carbocycles. The lowest BCUT2D eigenvalue weighted by atomic mass is 9.74. The molecule has 0 atom stereocenters. The van der Waals surface area contributed by atoms with Crippen molar-refractivity contribution in [2.75, 3.05) is 0 Å². The molecule has 1 heterocycles. The number of carbonyl (C=O) groups excluding carboxylic acids is 1. The van der Waals surface area contributed by atoms with Crippen LogP contribution < -0.4 is 0 Å². The van der Waals surface area contributed by atoms with Gasteiger partial charge in [0.2, 0.25) is 5.90 Å². The third kappa shape index (κ3) is 1.86. The van der Waals surface area contributed by atoms with Gasteiger partial charge >= 0.3 is 5.97 Å². The van der Waals surface area contributed by atoms with Crippen molar-refractivity contribution in [1.82, 2.24) is 0 Å². The number of rotatable bonds is 1. The van der Waals surface area contributed by atoms with Crippen LogP contribution in [0.15, 0.2) is 35.3 Å². The highest BCUT2D eigenvalue weighted by Crippen LogP contribution is 2.38. The van der Waals surface area contributed by atoms with E-state index >= 15 is 0 Å². The summed E-state index contributed by atoms with van der Waals surface area (Å²) >= 11 is 0. The second kappa shape index (κ2) is 3.69. The van der Waals surface area contributed by atoms with E-state index in [0.717, 1.165) is 5.56 Å². The fraction of sp³-hybridized carbons (Fsp3) is 0.429. The molecular weight excluding hydrogens is 214 g/mol. The predicted molar refractivity (Wildman–Crippen MR) is 66.9 cm³/mol.